The van der Waals surface area contributed by atoms with Crippen LogP contribution >= 0.6 is 12.4 Å². The van der Waals surface area contributed by atoms with Crippen molar-refractivity contribution in [1.29, 1.82) is 0 Å². The second-order valence-corrected chi connectivity index (χ2v) is 8.89. The lowest BCUT2D eigenvalue weighted by atomic mass is 9.90. The summed E-state index contributed by atoms with van der Waals surface area (Å²) >= 11 is 0. The van der Waals surface area contributed by atoms with Gasteiger partial charge in [-0.15, -0.1) is 12.4 Å². The molecule has 0 amide bonds. The Morgan fingerprint density at radius 3 is 2.54 bits per heavy atom. The van der Waals surface area contributed by atoms with Crippen LogP contribution in [0.5, 0.6) is 0 Å². The van der Waals surface area contributed by atoms with Crippen molar-refractivity contribution < 1.29 is 4.42 Å². The van der Waals surface area contributed by atoms with E-state index < -0.39 is 0 Å². The maximum Gasteiger partial charge on any atom is 0.252 e. The average molecular weight is 492 g/mol. The highest BCUT2D eigenvalue weighted by Crippen LogP contribution is 2.40. The SMILES string of the molecule is Cc1ccc([C@H]2CN(Cc3ccccc3)C[C@@H]2c2cc(=O)[nH]c(NCCc3ccncc3)n2)o1.Cl. The monoisotopic (exact) mass is 491 g/mol. The Bertz CT molecular complexity index is 1280. The first-order valence-electron chi connectivity index (χ1n) is 11.7. The number of aryl methyl sites for hydroxylation is 1. The van der Waals surface area contributed by atoms with E-state index in [0.29, 0.717) is 12.5 Å². The molecular weight excluding hydrogens is 462 g/mol. The van der Waals surface area contributed by atoms with Crippen LogP contribution in [0.25, 0.3) is 0 Å². The van der Waals surface area contributed by atoms with Crippen molar-refractivity contribution in [2.45, 2.75) is 31.7 Å². The molecule has 7 nitrogen and oxygen atoms in total. The van der Waals surface area contributed by atoms with Gasteiger partial charge in [0.05, 0.1) is 5.69 Å². The number of nitrogens with one attached hydrogen (secondary N) is 2. The van der Waals surface area contributed by atoms with E-state index in [0.717, 1.165) is 43.3 Å². The van der Waals surface area contributed by atoms with Crippen LogP contribution in [-0.2, 0) is 13.0 Å². The molecule has 182 valence electrons. The summed E-state index contributed by atoms with van der Waals surface area (Å²) in [5, 5.41) is 3.28. The number of rotatable bonds is 8. The molecule has 8 heteroatoms. The van der Waals surface area contributed by atoms with Gasteiger partial charge in [0, 0.05) is 56.5 Å². The number of halogens is 1. The molecule has 1 saturated heterocycles. The van der Waals surface area contributed by atoms with Crippen LogP contribution in [0.1, 0.15) is 40.2 Å². The summed E-state index contributed by atoms with van der Waals surface area (Å²) in [7, 11) is 0. The Kier molecular flexibility index (Phi) is 8.00. The molecule has 35 heavy (non-hydrogen) atoms. The number of benzene rings is 1. The van der Waals surface area contributed by atoms with Crippen molar-refractivity contribution >= 4 is 18.4 Å². The van der Waals surface area contributed by atoms with Gasteiger partial charge in [0.2, 0.25) is 5.95 Å². The fourth-order valence-electron chi connectivity index (χ4n) is 4.72. The molecule has 0 saturated carbocycles. The summed E-state index contributed by atoms with van der Waals surface area (Å²) in [5.74, 6) is 2.56. The van der Waals surface area contributed by atoms with Gasteiger partial charge in [-0.1, -0.05) is 30.3 Å². The van der Waals surface area contributed by atoms with E-state index in [1.165, 1.54) is 11.1 Å². The van der Waals surface area contributed by atoms with Crippen molar-refractivity contribution in [3.63, 3.8) is 0 Å². The standard InChI is InChI=1S/C27H29N5O2.ClH/c1-19-7-8-25(34-19)23-18-32(16-21-5-3-2-4-6-21)17-22(23)24-15-26(33)31-27(30-24)29-14-11-20-9-12-28-13-10-20;/h2-10,12-13,15,22-23H,11,14,16-18H2,1H3,(H2,29,30,31,33);1H/t22-,23-;/m0./s1. The fraction of sp³-hybridized carbons (Fsp3) is 0.296. The molecule has 1 aliphatic heterocycles. The summed E-state index contributed by atoms with van der Waals surface area (Å²) in [6.07, 6.45) is 4.39. The molecule has 3 aromatic heterocycles. The fourth-order valence-corrected chi connectivity index (χ4v) is 4.72. The van der Waals surface area contributed by atoms with Gasteiger partial charge in [-0.05, 0) is 48.7 Å². The van der Waals surface area contributed by atoms with Gasteiger partial charge in [-0.2, -0.15) is 0 Å². The Balaban J connectivity index is 0.00000289. The topological polar surface area (TPSA) is 87.0 Å². The number of hydrogen-bond acceptors (Lipinski definition) is 6. The maximum atomic E-state index is 12.5. The minimum Gasteiger partial charge on any atom is -0.466 e. The van der Waals surface area contributed by atoms with E-state index in [1.54, 1.807) is 18.5 Å². The number of aromatic amines is 1. The molecule has 0 spiro atoms. The molecule has 5 rings (SSSR count). The predicted octanol–water partition coefficient (Wildman–Crippen LogP) is 4.53. The first-order valence-corrected chi connectivity index (χ1v) is 11.7. The van der Waals surface area contributed by atoms with Gasteiger partial charge in [-0.3, -0.25) is 19.7 Å². The number of aromatic nitrogens is 3. The highest BCUT2D eigenvalue weighted by Gasteiger charge is 2.38. The Morgan fingerprint density at radius 2 is 1.80 bits per heavy atom. The minimum atomic E-state index is -0.146. The number of hydrogen-bond donors (Lipinski definition) is 2. The van der Waals surface area contributed by atoms with Crippen LogP contribution in [0.3, 0.4) is 0 Å². The third-order valence-electron chi connectivity index (χ3n) is 6.37. The zero-order valence-electron chi connectivity index (χ0n) is 19.7. The quantitative estimate of drug-likeness (QED) is 0.376. The van der Waals surface area contributed by atoms with Crippen molar-refractivity contribution in [2.75, 3.05) is 25.0 Å². The van der Waals surface area contributed by atoms with Crippen molar-refractivity contribution in [3.05, 3.63) is 112 Å². The second-order valence-electron chi connectivity index (χ2n) is 8.89. The van der Waals surface area contributed by atoms with E-state index in [-0.39, 0.29) is 29.8 Å². The summed E-state index contributed by atoms with van der Waals surface area (Å²) in [6.45, 7) is 5.15. The zero-order valence-corrected chi connectivity index (χ0v) is 20.5. The highest BCUT2D eigenvalue weighted by atomic mass is 35.5. The smallest absolute Gasteiger partial charge is 0.252 e. The van der Waals surface area contributed by atoms with E-state index in [9.17, 15) is 4.79 Å². The zero-order chi connectivity index (χ0) is 23.3. The van der Waals surface area contributed by atoms with E-state index in [2.05, 4.69) is 50.5 Å². The van der Waals surface area contributed by atoms with E-state index in [4.69, 9.17) is 9.40 Å². The van der Waals surface area contributed by atoms with Crippen LogP contribution in [0.4, 0.5) is 5.95 Å². The van der Waals surface area contributed by atoms with Crippen LogP contribution in [0.15, 0.2) is 82.3 Å². The van der Waals surface area contributed by atoms with Gasteiger partial charge in [0.25, 0.3) is 5.56 Å². The van der Waals surface area contributed by atoms with Gasteiger partial charge in [0.1, 0.15) is 11.5 Å². The largest absolute Gasteiger partial charge is 0.466 e. The van der Waals surface area contributed by atoms with E-state index >= 15 is 0 Å². The molecule has 4 heterocycles. The van der Waals surface area contributed by atoms with Gasteiger partial charge in [-0.25, -0.2) is 4.98 Å². The van der Waals surface area contributed by atoms with Crippen LogP contribution in [-0.4, -0.2) is 39.5 Å². The van der Waals surface area contributed by atoms with Gasteiger partial charge in [0.15, 0.2) is 0 Å². The molecular formula is C27H30ClN5O2. The number of nitrogens with zero attached hydrogens (tertiary/aromatic N) is 3. The molecule has 1 aliphatic rings. The number of furan rings is 1. The summed E-state index contributed by atoms with van der Waals surface area (Å²) in [6, 6.07) is 20.1. The van der Waals surface area contributed by atoms with Crippen LogP contribution in [0, 0.1) is 6.92 Å². The molecule has 0 radical (unpaired) electrons. The molecule has 2 N–H and O–H groups in total. The third kappa shape index (κ3) is 6.18. The number of likely N-dealkylation sites (tertiary alicyclic amines) is 1. The molecule has 1 aromatic carbocycles. The summed E-state index contributed by atoms with van der Waals surface area (Å²) < 4.78 is 6.03. The summed E-state index contributed by atoms with van der Waals surface area (Å²) in [4.78, 5) is 26.7. The second kappa shape index (κ2) is 11.3. The first kappa shape index (κ1) is 24.7. The third-order valence-corrected chi connectivity index (χ3v) is 6.37. The molecule has 0 aliphatic carbocycles. The first-order chi connectivity index (χ1) is 16.6. The number of anilines is 1. The minimum absolute atomic E-state index is 0. The van der Waals surface area contributed by atoms with Crippen molar-refractivity contribution in [3.8, 4) is 0 Å². The Hall–Kier alpha value is -3.42. The van der Waals surface area contributed by atoms with Gasteiger partial charge < -0.3 is 9.73 Å². The van der Waals surface area contributed by atoms with Gasteiger partial charge >= 0.3 is 0 Å². The van der Waals surface area contributed by atoms with E-state index in [1.807, 2.05) is 31.2 Å². The summed E-state index contributed by atoms with van der Waals surface area (Å²) in [5.41, 5.74) is 3.11. The van der Waals surface area contributed by atoms with Crippen LogP contribution in [0.2, 0.25) is 0 Å². The van der Waals surface area contributed by atoms with Crippen molar-refractivity contribution in [2.24, 2.45) is 0 Å². The molecule has 0 bridgehead atoms. The lowest BCUT2D eigenvalue weighted by Gasteiger charge is -2.17. The lowest BCUT2D eigenvalue weighted by molar-refractivity contribution is 0.319. The maximum absolute atomic E-state index is 12.5. The Morgan fingerprint density at radius 1 is 1.03 bits per heavy atom. The molecule has 4 aromatic rings. The Labute approximate surface area is 211 Å². The number of pyridine rings is 1. The van der Waals surface area contributed by atoms with Crippen molar-refractivity contribution in [1.82, 2.24) is 19.9 Å². The molecule has 1 fully saturated rings. The molecule has 2 atom stereocenters. The number of H-pyrrole nitrogens is 1. The highest BCUT2D eigenvalue weighted by molar-refractivity contribution is 5.85. The lowest BCUT2D eigenvalue weighted by Crippen LogP contribution is -2.21. The normalized spacial score (nSPS) is 17.7. The average Bonchev–Trinajstić information content (AvgIpc) is 3.46. The predicted molar refractivity (Wildman–Crippen MR) is 139 cm³/mol. The van der Waals surface area contributed by atoms with Crippen LogP contribution < -0.4 is 10.9 Å². The molecule has 0 unspecified atom stereocenters.